The molecule has 10 heteroatoms. The fourth-order valence-corrected chi connectivity index (χ4v) is 2.51. The Morgan fingerprint density at radius 3 is 2.30 bits per heavy atom. The molecule has 2 rings (SSSR count). The van der Waals surface area contributed by atoms with Crippen molar-refractivity contribution in [2.24, 2.45) is 0 Å². The van der Waals surface area contributed by atoms with Crippen molar-refractivity contribution in [3.8, 4) is 0 Å². The van der Waals surface area contributed by atoms with Crippen LogP contribution >= 0.6 is 0 Å². The first-order valence-electron chi connectivity index (χ1n) is 7.22. The van der Waals surface area contributed by atoms with E-state index in [1.165, 1.54) is 6.92 Å². The van der Waals surface area contributed by atoms with Crippen LogP contribution in [-0.2, 0) is 23.7 Å². The molecule has 2 heterocycles. The van der Waals surface area contributed by atoms with E-state index in [4.69, 9.17) is 18.9 Å². The number of hydrogen-bond donors (Lipinski definition) is 5. The fourth-order valence-electron chi connectivity index (χ4n) is 2.51. The maximum absolute atomic E-state index is 11.0. The minimum absolute atomic E-state index is 0.229. The zero-order valence-electron chi connectivity index (χ0n) is 12.7. The van der Waals surface area contributed by atoms with Gasteiger partial charge in [0.15, 0.2) is 18.7 Å². The average molecular weight is 338 g/mol. The van der Waals surface area contributed by atoms with Crippen LogP contribution in [0.15, 0.2) is 0 Å². The topological polar surface area (TPSA) is 155 Å². The smallest absolute Gasteiger partial charge is 0.303 e. The molecule has 0 aromatic carbocycles. The molecule has 0 aromatic heterocycles. The summed E-state index contributed by atoms with van der Waals surface area (Å²) in [6.45, 7) is 2.39. The molecule has 5 N–H and O–H groups in total. The van der Waals surface area contributed by atoms with E-state index in [-0.39, 0.29) is 6.61 Å². The van der Waals surface area contributed by atoms with E-state index < -0.39 is 61.3 Å². The van der Waals surface area contributed by atoms with Gasteiger partial charge in [-0.3, -0.25) is 4.79 Å². The molecule has 23 heavy (non-hydrogen) atoms. The molecule has 10 nitrogen and oxygen atoms in total. The summed E-state index contributed by atoms with van der Waals surface area (Å²) in [5.41, 5.74) is 0. The van der Waals surface area contributed by atoms with Crippen molar-refractivity contribution < 1.29 is 49.3 Å². The maximum atomic E-state index is 11.0. The second-order valence-corrected chi connectivity index (χ2v) is 5.64. The highest BCUT2D eigenvalue weighted by Gasteiger charge is 2.48. The summed E-state index contributed by atoms with van der Waals surface area (Å²) in [5, 5.41) is 49.2. The van der Waals surface area contributed by atoms with Crippen molar-refractivity contribution in [2.45, 2.75) is 69.2 Å². The highest BCUT2D eigenvalue weighted by Crippen LogP contribution is 2.27. The van der Waals surface area contributed by atoms with Gasteiger partial charge in [-0.05, 0) is 6.92 Å². The molecule has 2 fully saturated rings. The summed E-state index contributed by atoms with van der Waals surface area (Å²) in [6, 6.07) is 0. The Morgan fingerprint density at radius 2 is 1.70 bits per heavy atom. The first kappa shape index (κ1) is 18.5. The van der Waals surface area contributed by atoms with E-state index in [0.29, 0.717) is 0 Å². The molecule has 9 atom stereocenters. The molecular formula is C13H22O10. The molecule has 0 spiro atoms. The van der Waals surface area contributed by atoms with E-state index in [0.717, 1.165) is 6.92 Å². The van der Waals surface area contributed by atoms with E-state index >= 15 is 0 Å². The Kier molecular flexibility index (Phi) is 5.92. The molecule has 134 valence electrons. The van der Waals surface area contributed by atoms with Gasteiger partial charge < -0.3 is 44.5 Å². The Hall–Kier alpha value is -0.850. The summed E-state index contributed by atoms with van der Waals surface area (Å²) in [5.74, 6) is -0.645. The third kappa shape index (κ3) is 3.98. The van der Waals surface area contributed by atoms with Crippen LogP contribution in [-0.4, -0.2) is 93.4 Å². The second-order valence-electron chi connectivity index (χ2n) is 5.64. The van der Waals surface area contributed by atoms with Gasteiger partial charge in [0.25, 0.3) is 0 Å². The molecule has 0 aromatic rings. The van der Waals surface area contributed by atoms with Gasteiger partial charge in [0.1, 0.15) is 30.5 Å². The van der Waals surface area contributed by atoms with E-state index in [1.54, 1.807) is 0 Å². The van der Waals surface area contributed by atoms with Crippen molar-refractivity contribution in [3.05, 3.63) is 0 Å². The lowest BCUT2D eigenvalue weighted by atomic mass is 9.99. The molecular weight excluding hydrogens is 316 g/mol. The highest BCUT2D eigenvalue weighted by atomic mass is 16.7. The van der Waals surface area contributed by atoms with Crippen LogP contribution in [0.4, 0.5) is 0 Å². The summed E-state index contributed by atoms with van der Waals surface area (Å²) in [4.78, 5) is 11.0. The van der Waals surface area contributed by atoms with Crippen LogP contribution in [0.1, 0.15) is 13.8 Å². The first-order chi connectivity index (χ1) is 10.7. The molecule has 0 radical (unpaired) electrons. The number of carbonyl (C=O) groups is 1. The van der Waals surface area contributed by atoms with Gasteiger partial charge in [-0.2, -0.15) is 0 Å². The van der Waals surface area contributed by atoms with Gasteiger partial charge in [-0.25, -0.2) is 0 Å². The maximum Gasteiger partial charge on any atom is 0.303 e. The van der Waals surface area contributed by atoms with Gasteiger partial charge in [0, 0.05) is 6.92 Å². The van der Waals surface area contributed by atoms with E-state index in [1.807, 2.05) is 0 Å². The summed E-state index contributed by atoms with van der Waals surface area (Å²) in [7, 11) is 0. The second kappa shape index (κ2) is 7.36. The van der Waals surface area contributed by atoms with Crippen LogP contribution < -0.4 is 0 Å². The van der Waals surface area contributed by atoms with Crippen LogP contribution in [0.2, 0.25) is 0 Å². The zero-order valence-corrected chi connectivity index (χ0v) is 12.7. The van der Waals surface area contributed by atoms with Crippen LogP contribution in [0, 0.1) is 0 Å². The molecule has 0 unspecified atom stereocenters. The largest absolute Gasteiger partial charge is 0.457 e. The van der Waals surface area contributed by atoms with Crippen LogP contribution in [0.3, 0.4) is 0 Å². The minimum Gasteiger partial charge on any atom is -0.457 e. The molecule has 2 aliphatic rings. The number of aliphatic hydroxyl groups is 5. The molecule has 0 amide bonds. The third-order valence-electron chi connectivity index (χ3n) is 3.85. The lowest BCUT2D eigenvalue weighted by Crippen LogP contribution is -2.62. The minimum atomic E-state index is -1.60. The number of aliphatic hydroxyl groups excluding tert-OH is 5. The number of esters is 1. The van der Waals surface area contributed by atoms with Crippen LogP contribution in [0.25, 0.3) is 0 Å². The highest BCUT2D eigenvalue weighted by molar-refractivity contribution is 5.66. The fraction of sp³-hybridized carbons (Fsp3) is 0.923. The third-order valence-corrected chi connectivity index (χ3v) is 3.85. The Morgan fingerprint density at radius 1 is 1.04 bits per heavy atom. The van der Waals surface area contributed by atoms with Crippen molar-refractivity contribution in [3.63, 3.8) is 0 Å². The predicted octanol–water partition coefficient (Wildman–Crippen LogP) is -3.16. The summed E-state index contributed by atoms with van der Waals surface area (Å²) < 4.78 is 20.4. The summed E-state index contributed by atoms with van der Waals surface area (Å²) in [6.07, 6.45) is -12.1. The number of hydrogen-bond acceptors (Lipinski definition) is 10. The Labute approximate surface area is 132 Å². The zero-order chi connectivity index (χ0) is 17.3. The lowest BCUT2D eigenvalue weighted by molar-refractivity contribution is -0.348. The molecule has 0 bridgehead atoms. The number of rotatable bonds is 3. The van der Waals surface area contributed by atoms with Gasteiger partial charge in [0.2, 0.25) is 0 Å². The van der Waals surface area contributed by atoms with Gasteiger partial charge in [-0.15, -0.1) is 0 Å². The number of carbonyl (C=O) groups excluding carboxylic acids is 1. The van der Waals surface area contributed by atoms with E-state index in [9.17, 15) is 30.3 Å². The van der Waals surface area contributed by atoms with Crippen LogP contribution in [0.5, 0.6) is 0 Å². The molecule has 0 aliphatic carbocycles. The van der Waals surface area contributed by atoms with Gasteiger partial charge >= 0.3 is 5.97 Å². The Bertz CT molecular complexity index is 418. The number of ether oxygens (including phenoxy) is 4. The first-order valence-corrected chi connectivity index (χ1v) is 7.22. The monoisotopic (exact) mass is 338 g/mol. The quantitative estimate of drug-likeness (QED) is 0.333. The predicted molar refractivity (Wildman–Crippen MR) is 70.7 cm³/mol. The normalized spacial score (nSPS) is 48.0. The van der Waals surface area contributed by atoms with Gasteiger partial charge in [-0.1, -0.05) is 0 Å². The Balaban J connectivity index is 2.05. The SMILES string of the molecule is CC(=O)O[C@H]1CO[C@@H](O)[C@H](O[C@@H]2O[C@@H](C)[C@H](O)[C@@H](O)[C@H]2O)[C@H]1O. The van der Waals surface area contributed by atoms with Crippen molar-refractivity contribution in [1.29, 1.82) is 0 Å². The van der Waals surface area contributed by atoms with Crippen molar-refractivity contribution in [2.75, 3.05) is 6.61 Å². The lowest BCUT2D eigenvalue weighted by Gasteiger charge is -2.43. The van der Waals surface area contributed by atoms with E-state index in [2.05, 4.69) is 0 Å². The standard InChI is InChI=1S/C13H22O10/c1-4-7(15)9(17)10(18)13(21-4)23-11-8(16)6(22-5(2)14)3-20-12(11)19/h4,6-13,15-19H,3H2,1-2H3/t4-,6-,7-,8-,9+,10+,11+,12+,13-/m0/s1. The molecule has 0 saturated carbocycles. The summed E-state index contributed by atoms with van der Waals surface area (Å²) >= 11 is 0. The van der Waals surface area contributed by atoms with Crippen molar-refractivity contribution >= 4 is 5.97 Å². The molecule has 2 saturated heterocycles. The average Bonchev–Trinajstić information content (AvgIpc) is 2.49. The molecule has 2 aliphatic heterocycles. The van der Waals surface area contributed by atoms with Gasteiger partial charge in [0.05, 0.1) is 12.7 Å². The van der Waals surface area contributed by atoms with Crippen molar-refractivity contribution in [1.82, 2.24) is 0 Å².